The number of esters is 1. The van der Waals surface area contributed by atoms with Crippen molar-refractivity contribution in [3.63, 3.8) is 0 Å². The van der Waals surface area contributed by atoms with Crippen molar-refractivity contribution in [2.24, 2.45) is 5.92 Å². The van der Waals surface area contributed by atoms with Crippen molar-refractivity contribution in [2.45, 2.75) is 19.8 Å². The summed E-state index contributed by atoms with van der Waals surface area (Å²) in [6, 6.07) is 12.6. The monoisotopic (exact) mass is 698 g/mol. The first-order valence-corrected chi connectivity index (χ1v) is 16.8. The number of nitrogens with zero attached hydrogens (tertiary/aromatic N) is 2. The highest BCUT2D eigenvalue weighted by Gasteiger charge is 2.26. The van der Waals surface area contributed by atoms with Crippen LogP contribution in [-0.4, -0.2) is 99.3 Å². The van der Waals surface area contributed by atoms with E-state index in [1.54, 1.807) is 49.4 Å². The van der Waals surface area contributed by atoms with Crippen LogP contribution in [-0.2, 0) is 14.2 Å². The van der Waals surface area contributed by atoms with Crippen LogP contribution in [0.1, 0.15) is 62.2 Å². The molecule has 51 heavy (non-hydrogen) atoms. The van der Waals surface area contributed by atoms with Crippen LogP contribution in [0.3, 0.4) is 0 Å². The first-order valence-electron chi connectivity index (χ1n) is 16.8. The molecule has 5 rings (SSSR count). The van der Waals surface area contributed by atoms with Crippen molar-refractivity contribution in [1.29, 1.82) is 5.41 Å². The highest BCUT2D eigenvalue weighted by Crippen LogP contribution is 2.35. The van der Waals surface area contributed by atoms with E-state index in [-0.39, 0.29) is 41.6 Å². The third-order valence-corrected chi connectivity index (χ3v) is 8.37. The van der Waals surface area contributed by atoms with E-state index in [9.17, 15) is 19.2 Å². The Morgan fingerprint density at radius 2 is 1.76 bits per heavy atom. The van der Waals surface area contributed by atoms with Crippen LogP contribution in [0.4, 0.5) is 10.5 Å². The van der Waals surface area contributed by atoms with Gasteiger partial charge < -0.3 is 29.6 Å². The van der Waals surface area contributed by atoms with Gasteiger partial charge in [0.25, 0.3) is 11.8 Å². The SMILES string of the molecule is C=Cc1cc(C(=O)Nc2ccc(C(=N)NC(=O)OCCN3CCOCC3)cc2)c(-c2ccc(C(=O)NCC3CC3)nc2C(=O)OCC)cc1OC. The molecule has 268 valence electrons. The number of ether oxygens (including phenoxy) is 4. The molecule has 2 aromatic carbocycles. The van der Waals surface area contributed by atoms with Crippen molar-refractivity contribution in [3.8, 4) is 16.9 Å². The minimum absolute atomic E-state index is 0.0459. The molecule has 1 aliphatic carbocycles. The number of hydrogen-bond donors (Lipinski definition) is 4. The summed E-state index contributed by atoms with van der Waals surface area (Å²) in [5.41, 5.74) is 1.98. The molecule has 14 nitrogen and oxygen atoms in total. The van der Waals surface area contributed by atoms with E-state index >= 15 is 0 Å². The Bertz CT molecular complexity index is 1780. The lowest BCUT2D eigenvalue weighted by molar-refractivity contribution is 0.0284. The fraction of sp³-hybridized carbons (Fsp3) is 0.351. The predicted molar refractivity (Wildman–Crippen MR) is 190 cm³/mol. The Morgan fingerprint density at radius 1 is 1.02 bits per heavy atom. The number of carbonyl (C=O) groups excluding carboxylic acids is 4. The Balaban J connectivity index is 1.34. The number of aromatic nitrogens is 1. The lowest BCUT2D eigenvalue weighted by atomic mass is 9.94. The van der Waals surface area contributed by atoms with Crippen molar-refractivity contribution in [3.05, 3.63) is 83.2 Å². The minimum atomic E-state index is -0.755. The number of amides is 3. The Labute approximate surface area is 296 Å². The Hall–Kier alpha value is -5.60. The molecule has 0 atom stereocenters. The number of hydrogen-bond acceptors (Lipinski definition) is 11. The third kappa shape index (κ3) is 9.77. The number of nitrogens with one attached hydrogen (secondary N) is 4. The quantitative estimate of drug-likeness (QED) is 0.107. The molecule has 1 aromatic heterocycles. The molecule has 0 bridgehead atoms. The molecule has 4 N–H and O–H groups in total. The van der Waals surface area contributed by atoms with Gasteiger partial charge in [-0.3, -0.25) is 25.2 Å². The second kappa shape index (κ2) is 17.4. The molecule has 0 unspecified atom stereocenters. The van der Waals surface area contributed by atoms with Gasteiger partial charge in [0.2, 0.25) is 0 Å². The van der Waals surface area contributed by atoms with E-state index in [2.05, 4.69) is 32.4 Å². The maximum absolute atomic E-state index is 13.9. The number of pyridine rings is 1. The molecular weight excluding hydrogens is 656 g/mol. The van der Waals surface area contributed by atoms with Gasteiger partial charge in [0.1, 0.15) is 23.9 Å². The number of amidine groups is 1. The lowest BCUT2D eigenvalue weighted by Gasteiger charge is -2.26. The number of anilines is 1. The van der Waals surface area contributed by atoms with Gasteiger partial charge >= 0.3 is 12.1 Å². The second-order valence-corrected chi connectivity index (χ2v) is 11.9. The first kappa shape index (κ1) is 36.7. The Kier molecular flexibility index (Phi) is 12.5. The summed E-state index contributed by atoms with van der Waals surface area (Å²) < 4.78 is 21.4. The smallest absolute Gasteiger partial charge is 0.412 e. The van der Waals surface area contributed by atoms with Gasteiger partial charge in [-0.25, -0.2) is 14.6 Å². The number of rotatable bonds is 14. The average Bonchev–Trinajstić information content (AvgIpc) is 3.98. The molecule has 1 saturated carbocycles. The van der Waals surface area contributed by atoms with Crippen molar-refractivity contribution in [1.82, 2.24) is 20.5 Å². The van der Waals surface area contributed by atoms with Crippen molar-refractivity contribution in [2.75, 3.05) is 65.0 Å². The fourth-order valence-electron chi connectivity index (χ4n) is 5.37. The zero-order valence-corrected chi connectivity index (χ0v) is 28.7. The maximum atomic E-state index is 13.9. The third-order valence-electron chi connectivity index (χ3n) is 8.37. The fourth-order valence-corrected chi connectivity index (χ4v) is 5.37. The van der Waals surface area contributed by atoms with Gasteiger partial charge in [0.05, 0.1) is 26.9 Å². The largest absolute Gasteiger partial charge is 0.496 e. The minimum Gasteiger partial charge on any atom is -0.496 e. The average molecular weight is 699 g/mol. The lowest BCUT2D eigenvalue weighted by Crippen LogP contribution is -2.39. The number of morpholine rings is 1. The molecule has 2 heterocycles. The van der Waals surface area contributed by atoms with Crippen LogP contribution in [0.5, 0.6) is 5.75 Å². The van der Waals surface area contributed by atoms with E-state index < -0.39 is 23.9 Å². The van der Waals surface area contributed by atoms with E-state index in [1.165, 1.54) is 19.3 Å². The summed E-state index contributed by atoms with van der Waals surface area (Å²) in [5.74, 6) is -1.01. The number of benzene rings is 2. The predicted octanol–water partition coefficient (Wildman–Crippen LogP) is 4.35. The van der Waals surface area contributed by atoms with Gasteiger partial charge in [-0.15, -0.1) is 0 Å². The van der Waals surface area contributed by atoms with Crippen LogP contribution in [0.15, 0.2) is 55.1 Å². The van der Waals surface area contributed by atoms with E-state index in [4.69, 9.17) is 24.4 Å². The Morgan fingerprint density at radius 3 is 2.43 bits per heavy atom. The molecule has 3 amide bonds. The molecule has 2 aliphatic rings. The molecule has 2 fully saturated rings. The van der Waals surface area contributed by atoms with Gasteiger partial charge in [0, 0.05) is 59.7 Å². The van der Waals surface area contributed by atoms with Crippen LogP contribution in [0.25, 0.3) is 17.2 Å². The normalized spacial score (nSPS) is 14.2. The van der Waals surface area contributed by atoms with E-state index in [0.717, 1.165) is 25.9 Å². The van der Waals surface area contributed by atoms with Crippen LogP contribution < -0.4 is 20.7 Å². The maximum Gasteiger partial charge on any atom is 0.412 e. The summed E-state index contributed by atoms with van der Waals surface area (Å²) >= 11 is 0. The van der Waals surface area contributed by atoms with Crippen LogP contribution in [0, 0.1) is 11.3 Å². The van der Waals surface area contributed by atoms with Gasteiger partial charge in [-0.05, 0) is 74.2 Å². The summed E-state index contributed by atoms with van der Waals surface area (Å²) in [7, 11) is 1.48. The summed E-state index contributed by atoms with van der Waals surface area (Å²) in [5, 5.41) is 16.4. The van der Waals surface area contributed by atoms with E-state index in [1.807, 2.05) is 0 Å². The highest BCUT2D eigenvalue weighted by molar-refractivity contribution is 6.11. The number of methoxy groups -OCH3 is 1. The summed E-state index contributed by atoms with van der Waals surface area (Å²) in [4.78, 5) is 58.7. The summed E-state index contributed by atoms with van der Waals surface area (Å²) in [6.45, 7) is 9.70. The van der Waals surface area contributed by atoms with E-state index in [0.29, 0.717) is 60.3 Å². The van der Waals surface area contributed by atoms with Gasteiger partial charge in [-0.2, -0.15) is 0 Å². The first-order chi connectivity index (χ1) is 24.7. The second-order valence-electron chi connectivity index (χ2n) is 11.9. The van der Waals surface area contributed by atoms with Crippen LogP contribution in [0.2, 0.25) is 0 Å². The van der Waals surface area contributed by atoms with Gasteiger partial charge in [-0.1, -0.05) is 12.7 Å². The van der Waals surface area contributed by atoms with Gasteiger partial charge in [0.15, 0.2) is 5.69 Å². The highest BCUT2D eigenvalue weighted by atomic mass is 16.5. The topological polar surface area (TPSA) is 181 Å². The zero-order valence-electron chi connectivity index (χ0n) is 28.7. The molecule has 3 aromatic rings. The molecule has 0 spiro atoms. The van der Waals surface area contributed by atoms with Crippen molar-refractivity contribution >= 4 is 41.5 Å². The molecular formula is C37H42N6O8. The molecule has 0 radical (unpaired) electrons. The number of alkyl carbamates (subject to hydrolysis) is 1. The molecule has 1 saturated heterocycles. The molecule has 1 aliphatic heterocycles. The number of carbonyl (C=O) groups is 4. The van der Waals surface area contributed by atoms with Crippen molar-refractivity contribution < 1.29 is 38.1 Å². The summed E-state index contributed by atoms with van der Waals surface area (Å²) in [6.07, 6.45) is 2.93. The molecule has 14 heteroatoms. The zero-order chi connectivity index (χ0) is 36.3. The van der Waals surface area contributed by atoms with Crippen LogP contribution >= 0.6 is 0 Å². The standard InChI is InChI=1S/C37H42N6O8/c1-4-24-20-29(34(44)40-26-10-8-25(9-11-26)33(38)42-37(47)51-19-16-43-14-17-49-18-15-43)28(21-31(24)48-3)27-12-13-30(35(45)39-22-23-6-7-23)41-32(27)36(46)50-5-2/h4,8-13,20-21,23H,1,5-7,14-19,22H2,2-3H3,(H,39,45)(H,40,44)(H2,38,42,47).